The van der Waals surface area contributed by atoms with E-state index in [-0.39, 0.29) is 12.0 Å². The number of benzene rings is 1. The molecule has 0 bridgehead atoms. The highest BCUT2D eigenvalue weighted by Gasteiger charge is 2.23. The fourth-order valence-corrected chi connectivity index (χ4v) is 3.66. The molecule has 1 aliphatic rings. The molecule has 0 saturated carbocycles. The van der Waals surface area contributed by atoms with E-state index >= 15 is 0 Å². The zero-order valence-corrected chi connectivity index (χ0v) is 16.3. The molecule has 0 spiro atoms. The van der Waals surface area contributed by atoms with Crippen molar-refractivity contribution in [3.8, 4) is 5.75 Å². The lowest BCUT2D eigenvalue weighted by molar-refractivity contribution is -0.308. The number of carbonyl (C=O) groups is 2. The molecule has 7 heteroatoms. The molecule has 1 aromatic heterocycles. The van der Waals surface area contributed by atoms with Gasteiger partial charge in [0.25, 0.3) is 5.91 Å². The maximum absolute atomic E-state index is 12.3. The molecule has 1 amide bonds. The fourth-order valence-electron chi connectivity index (χ4n) is 3.66. The van der Waals surface area contributed by atoms with Gasteiger partial charge in [-0.15, -0.1) is 0 Å². The monoisotopic (exact) mass is 386 g/mol. The maximum atomic E-state index is 12.3. The molecule has 1 N–H and O–H groups in total. The highest BCUT2D eigenvalue weighted by molar-refractivity contribution is 5.87. The van der Waals surface area contributed by atoms with Gasteiger partial charge in [-0.3, -0.25) is 4.79 Å². The van der Waals surface area contributed by atoms with Crippen LogP contribution in [0.25, 0.3) is 11.0 Å². The van der Waals surface area contributed by atoms with E-state index in [4.69, 9.17) is 9.15 Å². The number of aliphatic carboxylic acids is 1. The van der Waals surface area contributed by atoms with Crippen LogP contribution in [-0.2, 0) is 22.4 Å². The number of carboxylic acids is 1. The Morgan fingerprint density at radius 2 is 2.00 bits per heavy atom. The van der Waals surface area contributed by atoms with Crippen molar-refractivity contribution in [1.82, 2.24) is 5.32 Å². The minimum atomic E-state index is -1.32. The second-order valence-corrected chi connectivity index (χ2v) is 7.19. The number of fused-ring (bicyclic) bond motifs is 3. The third-order valence-corrected chi connectivity index (χ3v) is 5.19. The Bertz CT molecular complexity index is 977. The predicted octanol–water partition coefficient (Wildman–Crippen LogP) is 1.39. The normalized spacial score (nSPS) is 15.1. The van der Waals surface area contributed by atoms with Crippen LogP contribution in [0.2, 0.25) is 0 Å². The van der Waals surface area contributed by atoms with Gasteiger partial charge in [-0.25, -0.2) is 4.79 Å². The minimum absolute atomic E-state index is 0.284. The summed E-state index contributed by atoms with van der Waals surface area (Å²) >= 11 is 0. The molecule has 0 saturated heterocycles. The molecular formula is C21H24NO6-. The number of carboxylic acid groups (broad SMARTS) is 1. The van der Waals surface area contributed by atoms with E-state index in [9.17, 15) is 19.5 Å². The minimum Gasteiger partial charge on any atom is -0.548 e. The summed E-state index contributed by atoms with van der Waals surface area (Å²) in [4.78, 5) is 35.7. The number of hydrogen-bond donors (Lipinski definition) is 1. The molecule has 0 radical (unpaired) electrons. The highest BCUT2D eigenvalue weighted by Crippen LogP contribution is 2.33. The fraction of sp³-hybridized carbons (Fsp3) is 0.476. The molecule has 1 aromatic carbocycles. The maximum Gasteiger partial charge on any atom is 0.339 e. The van der Waals surface area contributed by atoms with Crippen molar-refractivity contribution in [1.29, 1.82) is 0 Å². The highest BCUT2D eigenvalue weighted by atomic mass is 16.5. The molecule has 1 aliphatic carbocycles. The predicted molar refractivity (Wildman–Crippen MR) is 101 cm³/mol. The van der Waals surface area contributed by atoms with Crippen molar-refractivity contribution < 1.29 is 23.8 Å². The average Bonchev–Trinajstić information content (AvgIpc) is 3.14. The zero-order valence-electron chi connectivity index (χ0n) is 16.3. The van der Waals surface area contributed by atoms with Gasteiger partial charge in [0.2, 0.25) is 0 Å². The Morgan fingerprint density at radius 3 is 2.68 bits per heavy atom. The smallest absolute Gasteiger partial charge is 0.339 e. The Kier molecular flexibility index (Phi) is 5.72. The number of nitrogens with one attached hydrogen (secondary N) is 1. The summed E-state index contributed by atoms with van der Waals surface area (Å²) in [5.41, 5.74) is 2.56. The van der Waals surface area contributed by atoms with E-state index in [0.29, 0.717) is 23.3 Å². The van der Waals surface area contributed by atoms with E-state index in [2.05, 4.69) is 5.32 Å². The van der Waals surface area contributed by atoms with Gasteiger partial charge in [0.05, 0.1) is 12.0 Å². The largest absolute Gasteiger partial charge is 0.548 e. The number of amides is 1. The lowest BCUT2D eigenvalue weighted by Crippen LogP contribution is -2.51. The number of aryl methyl sites for hydroxylation is 2. The summed E-state index contributed by atoms with van der Waals surface area (Å²) < 4.78 is 11.3. The average molecular weight is 386 g/mol. The van der Waals surface area contributed by atoms with Crippen LogP contribution in [0, 0.1) is 6.92 Å². The van der Waals surface area contributed by atoms with Gasteiger partial charge in [0.15, 0.2) is 6.10 Å². The van der Waals surface area contributed by atoms with E-state index in [0.717, 1.165) is 35.8 Å². The molecular weight excluding hydrogens is 362 g/mol. The zero-order chi connectivity index (χ0) is 20.4. The number of ether oxygens (including phenoxy) is 1. The third kappa shape index (κ3) is 3.74. The van der Waals surface area contributed by atoms with Crippen LogP contribution in [0.15, 0.2) is 21.3 Å². The van der Waals surface area contributed by atoms with Gasteiger partial charge in [-0.1, -0.05) is 13.3 Å². The molecule has 3 rings (SSSR count). The van der Waals surface area contributed by atoms with Crippen LogP contribution < -0.4 is 20.8 Å². The van der Waals surface area contributed by atoms with Crippen LogP contribution in [0.1, 0.15) is 49.8 Å². The summed E-state index contributed by atoms with van der Waals surface area (Å²) in [6.07, 6.45) is 2.48. The second kappa shape index (κ2) is 8.04. The van der Waals surface area contributed by atoms with Gasteiger partial charge >= 0.3 is 5.63 Å². The van der Waals surface area contributed by atoms with E-state index < -0.39 is 24.0 Å². The molecule has 0 aliphatic heterocycles. The van der Waals surface area contributed by atoms with Gasteiger partial charge in [0, 0.05) is 16.5 Å². The van der Waals surface area contributed by atoms with Crippen LogP contribution in [-0.4, -0.2) is 24.0 Å². The standard InChI is InChI=1S/C21H25NO6/c1-4-6-16(20(24)25)22-19(23)12(3)27-17-10-9-14-13-7-5-8-15(13)21(26)28-18(14)11(17)2/h9-10,12,16H,4-8H2,1-3H3,(H,22,23)(H,24,25)/p-1/t12-,16+/m0/s1. The van der Waals surface area contributed by atoms with Crippen molar-refractivity contribution >= 4 is 22.8 Å². The van der Waals surface area contributed by atoms with E-state index in [1.807, 2.05) is 13.0 Å². The summed E-state index contributed by atoms with van der Waals surface area (Å²) in [5.74, 6) is -1.45. The molecule has 0 fully saturated rings. The van der Waals surface area contributed by atoms with Crippen molar-refractivity contribution in [3.63, 3.8) is 0 Å². The van der Waals surface area contributed by atoms with Crippen molar-refractivity contribution in [2.45, 2.75) is 65.0 Å². The summed E-state index contributed by atoms with van der Waals surface area (Å²) in [6, 6.07) is 2.54. The number of hydrogen-bond acceptors (Lipinski definition) is 6. The molecule has 7 nitrogen and oxygen atoms in total. The molecule has 2 aromatic rings. The molecule has 28 heavy (non-hydrogen) atoms. The lowest BCUT2D eigenvalue weighted by Gasteiger charge is -2.22. The molecule has 1 heterocycles. The van der Waals surface area contributed by atoms with Crippen LogP contribution in [0.4, 0.5) is 0 Å². The molecule has 150 valence electrons. The van der Waals surface area contributed by atoms with Gasteiger partial charge in [-0.05, 0) is 57.2 Å². The molecule has 0 unspecified atom stereocenters. The lowest BCUT2D eigenvalue weighted by atomic mass is 10.0. The first-order chi connectivity index (χ1) is 13.3. The summed E-state index contributed by atoms with van der Waals surface area (Å²) in [6.45, 7) is 5.13. The number of rotatable bonds is 7. The van der Waals surface area contributed by atoms with E-state index in [1.54, 1.807) is 13.0 Å². The van der Waals surface area contributed by atoms with Gasteiger partial charge in [-0.2, -0.15) is 0 Å². The third-order valence-electron chi connectivity index (χ3n) is 5.19. The van der Waals surface area contributed by atoms with Crippen LogP contribution >= 0.6 is 0 Å². The first kappa shape index (κ1) is 19.9. The van der Waals surface area contributed by atoms with E-state index in [1.165, 1.54) is 6.92 Å². The quantitative estimate of drug-likeness (QED) is 0.721. The van der Waals surface area contributed by atoms with Crippen LogP contribution in [0.3, 0.4) is 0 Å². The van der Waals surface area contributed by atoms with Crippen molar-refractivity contribution in [2.24, 2.45) is 0 Å². The van der Waals surface area contributed by atoms with Crippen LogP contribution in [0.5, 0.6) is 5.75 Å². The Balaban J connectivity index is 1.83. The summed E-state index contributed by atoms with van der Waals surface area (Å²) in [5, 5.41) is 14.5. The van der Waals surface area contributed by atoms with Crippen molar-refractivity contribution in [2.75, 3.05) is 0 Å². The Hall–Kier alpha value is -2.83. The Morgan fingerprint density at radius 1 is 1.29 bits per heavy atom. The summed E-state index contributed by atoms with van der Waals surface area (Å²) in [7, 11) is 0. The number of carbonyl (C=O) groups excluding carboxylic acids is 2. The molecule has 2 atom stereocenters. The first-order valence-electron chi connectivity index (χ1n) is 9.59. The van der Waals surface area contributed by atoms with Gasteiger partial charge in [0.1, 0.15) is 11.3 Å². The second-order valence-electron chi connectivity index (χ2n) is 7.19. The first-order valence-corrected chi connectivity index (χ1v) is 9.59. The SMILES string of the molecule is CCC[C@@H](NC(=O)[C@H](C)Oc1ccc2c3c(c(=O)oc2c1C)CCC3)C(=O)[O-]. The van der Waals surface area contributed by atoms with Gasteiger partial charge < -0.3 is 24.4 Å². The topological polar surface area (TPSA) is 109 Å². The Labute approximate surface area is 162 Å². The van der Waals surface area contributed by atoms with Crippen molar-refractivity contribution in [3.05, 3.63) is 39.2 Å².